The van der Waals surface area contributed by atoms with Gasteiger partial charge in [-0.25, -0.2) is 0 Å². The lowest BCUT2D eigenvalue weighted by Gasteiger charge is -2.44. The number of aliphatic hydroxyl groups is 1. The normalized spacial score (nSPS) is 29.1. The molecule has 1 aromatic carbocycles. The van der Waals surface area contributed by atoms with E-state index in [1.807, 2.05) is 18.2 Å². The van der Waals surface area contributed by atoms with Crippen molar-refractivity contribution in [2.45, 2.75) is 56.1 Å². The molecular weight excluding hydrogens is 341 g/mol. The third kappa shape index (κ3) is 3.23. The Morgan fingerprint density at radius 3 is 2.35 bits per heavy atom. The van der Waals surface area contributed by atoms with E-state index in [4.69, 9.17) is 0 Å². The molecule has 2 bridgehead atoms. The van der Waals surface area contributed by atoms with Gasteiger partial charge in [-0.1, -0.05) is 30.3 Å². The minimum absolute atomic E-state index is 0.175. The van der Waals surface area contributed by atoms with Gasteiger partial charge in [-0.15, -0.1) is 0 Å². The first kappa shape index (κ1) is 17.5. The Hall–Kier alpha value is -1.92. The number of alkyl halides is 3. The molecule has 2 aromatic rings. The van der Waals surface area contributed by atoms with Gasteiger partial charge in [-0.2, -0.15) is 13.2 Å². The fraction of sp³-hybridized carbons (Fsp3) is 0.450. The van der Waals surface area contributed by atoms with Gasteiger partial charge in [0.1, 0.15) is 0 Å². The lowest BCUT2D eigenvalue weighted by Crippen LogP contribution is -2.49. The van der Waals surface area contributed by atoms with E-state index < -0.39 is 17.3 Å². The maximum atomic E-state index is 13.0. The Kier molecular flexibility index (Phi) is 4.28. The predicted octanol–water partition coefficient (Wildman–Crippen LogP) is 4.12. The van der Waals surface area contributed by atoms with E-state index in [-0.39, 0.29) is 17.6 Å². The first-order valence-corrected chi connectivity index (χ1v) is 8.90. The third-order valence-electron chi connectivity index (χ3n) is 5.73. The minimum atomic E-state index is -4.45. The number of benzene rings is 1. The quantitative estimate of drug-likeness (QED) is 0.893. The second-order valence-corrected chi connectivity index (χ2v) is 7.44. The highest BCUT2D eigenvalue weighted by atomic mass is 19.4. The maximum Gasteiger partial charge on any atom is 0.417 e. The number of hydrogen-bond acceptors (Lipinski definition) is 3. The maximum absolute atomic E-state index is 13.0. The molecule has 6 heteroatoms. The van der Waals surface area contributed by atoms with Crippen molar-refractivity contribution in [1.82, 2.24) is 9.88 Å². The van der Waals surface area contributed by atoms with Gasteiger partial charge in [-0.05, 0) is 37.3 Å². The monoisotopic (exact) mass is 362 g/mol. The van der Waals surface area contributed by atoms with Crippen LogP contribution in [0.4, 0.5) is 13.2 Å². The summed E-state index contributed by atoms with van der Waals surface area (Å²) in [6.45, 7) is 0.813. The fourth-order valence-corrected chi connectivity index (χ4v) is 4.45. The minimum Gasteiger partial charge on any atom is -0.385 e. The van der Waals surface area contributed by atoms with Crippen LogP contribution >= 0.6 is 0 Å². The molecule has 2 aliphatic rings. The number of pyridine rings is 1. The summed E-state index contributed by atoms with van der Waals surface area (Å²) in [5, 5.41) is 11.2. The Bertz CT molecular complexity index is 764. The van der Waals surface area contributed by atoms with Gasteiger partial charge < -0.3 is 5.11 Å². The molecule has 3 heterocycles. The van der Waals surface area contributed by atoms with E-state index in [0.717, 1.165) is 31.6 Å². The van der Waals surface area contributed by atoms with Crippen molar-refractivity contribution < 1.29 is 18.3 Å². The zero-order valence-electron chi connectivity index (χ0n) is 14.3. The van der Waals surface area contributed by atoms with Crippen LogP contribution in [0.15, 0.2) is 48.8 Å². The molecule has 138 valence electrons. The first-order valence-electron chi connectivity index (χ1n) is 8.90. The average Bonchev–Trinajstić information content (AvgIpc) is 2.86. The summed E-state index contributed by atoms with van der Waals surface area (Å²) < 4.78 is 39.0. The van der Waals surface area contributed by atoms with E-state index in [9.17, 15) is 18.3 Å². The summed E-state index contributed by atoms with van der Waals surface area (Å²) in [4.78, 5) is 6.13. The van der Waals surface area contributed by atoms with Crippen LogP contribution in [0.3, 0.4) is 0 Å². The van der Waals surface area contributed by atoms with Gasteiger partial charge in [0.15, 0.2) is 0 Å². The van der Waals surface area contributed by atoms with E-state index in [2.05, 4.69) is 22.0 Å². The van der Waals surface area contributed by atoms with Gasteiger partial charge in [0.2, 0.25) is 0 Å². The molecular formula is C20H21F3N2O. The van der Waals surface area contributed by atoms with Gasteiger partial charge >= 0.3 is 6.18 Å². The number of rotatable bonds is 3. The van der Waals surface area contributed by atoms with Crippen LogP contribution in [-0.4, -0.2) is 27.1 Å². The molecule has 2 atom stereocenters. The Morgan fingerprint density at radius 1 is 1.08 bits per heavy atom. The molecule has 2 saturated heterocycles. The molecule has 1 aromatic heterocycles. The van der Waals surface area contributed by atoms with Gasteiger partial charge in [0.25, 0.3) is 0 Å². The van der Waals surface area contributed by atoms with Crippen molar-refractivity contribution in [1.29, 1.82) is 0 Å². The zero-order valence-corrected chi connectivity index (χ0v) is 14.3. The lowest BCUT2D eigenvalue weighted by atomic mass is 9.80. The molecule has 1 N–H and O–H groups in total. The number of fused-ring (bicyclic) bond motifs is 2. The molecule has 26 heavy (non-hydrogen) atoms. The molecule has 3 nitrogen and oxygen atoms in total. The van der Waals surface area contributed by atoms with E-state index >= 15 is 0 Å². The Labute approximate surface area is 150 Å². The predicted molar refractivity (Wildman–Crippen MR) is 91.2 cm³/mol. The Balaban J connectivity index is 1.56. The fourth-order valence-electron chi connectivity index (χ4n) is 4.45. The standard InChI is InChI=1S/C20H21F3N2O/c21-20(22,23)16-8-15(11-24-12-16)19(26)9-17-6-7-18(10-19)25(17)13-14-4-2-1-3-5-14/h1-5,8,11-12,17-18,26H,6-7,9-10,13H2. The van der Waals surface area contributed by atoms with Gasteiger partial charge in [0.05, 0.1) is 11.2 Å². The van der Waals surface area contributed by atoms with Crippen LogP contribution < -0.4 is 0 Å². The average molecular weight is 362 g/mol. The molecule has 0 spiro atoms. The summed E-state index contributed by atoms with van der Waals surface area (Å²) in [6, 6.07) is 11.6. The summed E-state index contributed by atoms with van der Waals surface area (Å²) in [6.07, 6.45) is 0.553. The number of hydrogen-bond donors (Lipinski definition) is 1. The highest BCUT2D eigenvalue weighted by Gasteiger charge is 2.48. The van der Waals surface area contributed by atoms with E-state index in [1.165, 1.54) is 11.8 Å². The molecule has 4 rings (SSSR count). The number of piperidine rings is 1. The van der Waals surface area contributed by atoms with Crippen molar-refractivity contribution >= 4 is 0 Å². The molecule has 0 aliphatic carbocycles. The lowest BCUT2D eigenvalue weighted by molar-refractivity contribution is -0.138. The second-order valence-electron chi connectivity index (χ2n) is 7.44. The van der Waals surface area contributed by atoms with Crippen molar-refractivity contribution in [3.63, 3.8) is 0 Å². The largest absolute Gasteiger partial charge is 0.417 e. The van der Waals surface area contributed by atoms with Crippen LogP contribution in [0.1, 0.15) is 42.4 Å². The van der Waals surface area contributed by atoms with Crippen LogP contribution in [0.25, 0.3) is 0 Å². The van der Waals surface area contributed by atoms with Crippen LogP contribution in [-0.2, 0) is 18.3 Å². The zero-order chi connectivity index (χ0) is 18.4. The van der Waals surface area contributed by atoms with Crippen molar-refractivity contribution in [2.75, 3.05) is 0 Å². The van der Waals surface area contributed by atoms with E-state index in [1.54, 1.807) is 0 Å². The Morgan fingerprint density at radius 2 is 1.73 bits per heavy atom. The molecule has 2 aliphatic heterocycles. The summed E-state index contributed by atoms with van der Waals surface area (Å²) >= 11 is 0. The second kappa shape index (κ2) is 6.35. The van der Waals surface area contributed by atoms with Crippen LogP contribution in [0.5, 0.6) is 0 Å². The highest BCUT2D eigenvalue weighted by molar-refractivity contribution is 5.28. The van der Waals surface area contributed by atoms with Crippen molar-refractivity contribution in [3.8, 4) is 0 Å². The molecule has 2 fully saturated rings. The number of nitrogens with zero attached hydrogens (tertiary/aromatic N) is 2. The van der Waals surface area contributed by atoms with Crippen molar-refractivity contribution in [2.24, 2.45) is 0 Å². The number of halogens is 3. The summed E-state index contributed by atoms with van der Waals surface area (Å²) in [7, 11) is 0. The summed E-state index contributed by atoms with van der Waals surface area (Å²) in [5.74, 6) is 0. The third-order valence-corrected chi connectivity index (χ3v) is 5.73. The van der Waals surface area contributed by atoms with Gasteiger partial charge in [0, 0.05) is 36.6 Å². The van der Waals surface area contributed by atoms with Crippen LogP contribution in [0, 0.1) is 0 Å². The molecule has 0 amide bonds. The van der Waals surface area contributed by atoms with Gasteiger partial charge in [-0.3, -0.25) is 9.88 Å². The molecule has 0 saturated carbocycles. The topological polar surface area (TPSA) is 36.4 Å². The van der Waals surface area contributed by atoms with Crippen molar-refractivity contribution in [3.05, 3.63) is 65.5 Å². The first-order chi connectivity index (χ1) is 12.4. The van der Waals surface area contributed by atoms with Crippen LogP contribution in [0.2, 0.25) is 0 Å². The SMILES string of the molecule is OC1(c2cncc(C(F)(F)F)c2)CC2CCC(C1)N2Cc1ccccc1. The van der Waals surface area contributed by atoms with E-state index in [0.29, 0.717) is 12.8 Å². The summed E-state index contributed by atoms with van der Waals surface area (Å²) in [5.41, 5.74) is -0.547. The molecule has 0 radical (unpaired) electrons. The smallest absolute Gasteiger partial charge is 0.385 e. The highest BCUT2D eigenvalue weighted by Crippen LogP contribution is 2.46. The number of aromatic nitrogens is 1. The molecule has 2 unspecified atom stereocenters.